The monoisotopic (exact) mass is 289 g/mol. The molecule has 0 bridgehead atoms. The summed E-state index contributed by atoms with van der Waals surface area (Å²) >= 11 is 6.07. The number of hydrogen-bond donors (Lipinski definition) is 2. The van der Waals surface area contributed by atoms with Crippen LogP contribution >= 0.6 is 11.6 Å². The fourth-order valence-corrected chi connectivity index (χ4v) is 2.17. The summed E-state index contributed by atoms with van der Waals surface area (Å²) in [7, 11) is 0. The number of aliphatic carboxylic acids is 1. The first-order valence-electron chi connectivity index (χ1n) is 6.29. The third-order valence-electron chi connectivity index (χ3n) is 3.11. The molecule has 0 saturated carbocycles. The fraction of sp³-hybridized carbons (Fsp3) is 0.188. The first kappa shape index (κ1) is 14.4. The summed E-state index contributed by atoms with van der Waals surface area (Å²) in [6.07, 6.45) is 0. The molecule has 2 rings (SSSR count). The quantitative estimate of drug-likeness (QED) is 0.887. The third kappa shape index (κ3) is 3.31. The van der Waals surface area contributed by atoms with Gasteiger partial charge in [-0.2, -0.15) is 0 Å². The van der Waals surface area contributed by atoms with E-state index in [9.17, 15) is 9.90 Å². The molecule has 0 aliphatic carbocycles. The second-order valence-corrected chi connectivity index (χ2v) is 5.20. The van der Waals surface area contributed by atoms with Crippen LogP contribution in [0.2, 0.25) is 5.02 Å². The van der Waals surface area contributed by atoms with Gasteiger partial charge in [0, 0.05) is 10.7 Å². The van der Waals surface area contributed by atoms with Gasteiger partial charge in [-0.05, 0) is 48.7 Å². The molecule has 4 heteroatoms. The van der Waals surface area contributed by atoms with E-state index in [1.165, 1.54) is 0 Å². The Kier molecular flexibility index (Phi) is 4.30. The minimum atomic E-state index is -0.938. The van der Waals surface area contributed by atoms with Gasteiger partial charge < -0.3 is 10.4 Å². The smallest absolute Gasteiger partial charge is 0.330 e. The highest BCUT2D eigenvalue weighted by atomic mass is 35.5. The zero-order valence-electron chi connectivity index (χ0n) is 11.4. The van der Waals surface area contributed by atoms with E-state index < -0.39 is 12.0 Å². The van der Waals surface area contributed by atoms with E-state index in [0.29, 0.717) is 10.6 Å². The Morgan fingerprint density at radius 2 is 1.95 bits per heavy atom. The Hall–Kier alpha value is -2.00. The van der Waals surface area contributed by atoms with Gasteiger partial charge in [-0.15, -0.1) is 0 Å². The molecule has 0 saturated heterocycles. The SMILES string of the molecule is Cc1cccc(NC(C(=O)O)c2ccc(C)c(Cl)c2)c1. The van der Waals surface area contributed by atoms with Crippen LogP contribution in [0.15, 0.2) is 42.5 Å². The number of hydrogen-bond acceptors (Lipinski definition) is 2. The van der Waals surface area contributed by atoms with Crippen LogP contribution in [-0.2, 0) is 4.79 Å². The maximum absolute atomic E-state index is 11.5. The molecule has 3 nitrogen and oxygen atoms in total. The Morgan fingerprint density at radius 1 is 1.20 bits per heavy atom. The summed E-state index contributed by atoms with van der Waals surface area (Å²) in [5.41, 5.74) is 3.40. The summed E-state index contributed by atoms with van der Waals surface area (Å²) in [4.78, 5) is 11.5. The third-order valence-corrected chi connectivity index (χ3v) is 3.51. The van der Waals surface area contributed by atoms with E-state index >= 15 is 0 Å². The zero-order chi connectivity index (χ0) is 14.7. The van der Waals surface area contributed by atoms with E-state index in [0.717, 1.165) is 16.8 Å². The lowest BCUT2D eigenvalue weighted by molar-refractivity contribution is -0.138. The maximum atomic E-state index is 11.5. The Morgan fingerprint density at radius 3 is 2.55 bits per heavy atom. The van der Waals surface area contributed by atoms with Crippen LogP contribution in [0.1, 0.15) is 22.7 Å². The highest BCUT2D eigenvalue weighted by Gasteiger charge is 2.20. The van der Waals surface area contributed by atoms with Crippen LogP contribution in [0, 0.1) is 13.8 Å². The second kappa shape index (κ2) is 5.97. The molecule has 0 aliphatic heterocycles. The van der Waals surface area contributed by atoms with E-state index in [1.807, 2.05) is 44.2 Å². The minimum Gasteiger partial charge on any atom is -0.479 e. The molecule has 0 aromatic heterocycles. The van der Waals surface area contributed by atoms with Gasteiger partial charge in [0.25, 0.3) is 0 Å². The van der Waals surface area contributed by atoms with Crippen molar-refractivity contribution < 1.29 is 9.90 Å². The predicted molar refractivity (Wildman–Crippen MR) is 81.4 cm³/mol. The Labute approximate surface area is 123 Å². The molecule has 0 spiro atoms. The number of aryl methyl sites for hydroxylation is 2. The highest BCUT2D eigenvalue weighted by molar-refractivity contribution is 6.31. The van der Waals surface area contributed by atoms with E-state index in [2.05, 4.69) is 5.32 Å². The molecule has 1 unspecified atom stereocenters. The molecule has 2 N–H and O–H groups in total. The van der Waals surface area contributed by atoms with Crippen molar-refractivity contribution in [1.29, 1.82) is 0 Å². The van der Waals surface area contributed by atoms with Gasteiger partial charge in [0.15, 0.2) is 6.04 Å². The first-order chi connectivity index (χ1) is 9.47. The minimum absolute atomic E-state index is 0.569. The van der Waals surface area contributed by atoms with Crippen molar-refractivity contribution >= 4 is 23.3 Å². The van der Waals surface area contributed by atoms with Crippen molar-refractivity contribution in [2.75, 3.05) is 5.32 Å². The molecule has 2 aromatic carbocycles. The van der Waals surface area contributed by atoms with Gasteiger partial charge in [-0.1, -0.05) is 35.9 Å². The van der Waals surface area contributed by atoms with E-state index in [-0.39, 0.29) is 0 Å². The highest BCUT2D eigenvalue weighted by Crippen LogP contribution is 2.25. The van der Waals surface area contributed by atoms with Crippen molar-refractivity contribution in [3.8, 4) is 0 Å². The predicted octanol–water partition coefficient (Wildman–Crippen LogP) is 4.19. The van der Waals surface area contributed by atoms with Crippen LogP contribution in [0.3, 0.4) is 0 Å². The number of carboxylic acids is 1. The van der Waals surface area contributed by atoms with Gasteiger partial charge in [0.05, 0.1) is 0 Å². The number of halogens is 1. The maximum Gasteiger partial charge on any atom is 0.330 e. The summed E-state index contributed by atoms with van der Waals surface area (Å²) in [6.45, 7) is 3.85. The van der Waals surface area contributed by atoms with Crippen molar-refractivity contribution in [1.82, 2.24) is 0 Å². The van der Waals surface area contributed by atoms with Crippen molar-refractivity contribution in [2.24, 2.45) is 0 Å². The molecule has 0 heterocycles. The number of carbonyl (C=O) groups is 1. The summed E-state index contributed by atoms with van der Waals surface area (Å²) in [5, 5.41) is 13.0. The Balaban J connectivity index is 2.32. The summed E-state index contributed by atoms with van der Waals surface area (Å²) in [6, 6.07) is 12.1. The van der Waals surface area contributed by atoms with Gasteiger partial charge in [0.2, 0.25) is 0 Å². The number of rotatable bonds is 4. The van der Waals surface area contributed by atoms with E-state index in [1.54, 1.807) is 12.1 Å². The number of carboxylic acid groups (broad SMARTS) is 1. The van der Waals surface area contributed by atoms with Gasteiger partial charge in [0.1, 0.15) is 0 Å². The average Bonchev–Trinajstić information content (AvgIpc) is 2.39. The Bertz CT molecular complexity index is 640. The van der Waals surface area contributed by atoms with Crippen LogP contribution in [-0.4, -0.2) is 11.1 Å². The fourth-order valence-electron chi connectivity index (χ4n) is 1.98. The topological polar surface area (TPSA) is 49.3 Å². The van der Waals surface area contributed by atoms with Gasteiger partial charge in [-0.25, -0.2) is 4.79 Å². The molecule has 0 amide bonds. The molecule has 20 heavy (non-hydrogen) atoms. The average molecular weight is 290 g/mol. The normalized spacial score (nSPS) is 11.9. The largest absolute Gasteiger partial charge is 0.479 e. The van der Waals surface area contributed by atoms with Crippen LogP contribution in [0.4, 0.5) is 5.69 Å². The van der Waals surface area contributed by atoms with Crippen LogP contribution in [0.5, 0.6) is 0 Å². The summed E-state index contributed by atoms with van der Waals surface area (Å²) < 4.78 is 0. The molecule has 2 aromatic rings. The molecular weight excluding hydrogens is 274 g/mol. The van der Waals surface area contributed by atoms with Crippen LogP contribution < -0.4 is 5.32 Å². The lowest BCUT2D eigenvalue weighted by Gasteiger charge is -2.17. The lowest BCUT2D eigenvalue weighted by Crippen LogP contribution is -2.20. The molecule has 104 valence electrons. The molecule has 0 radical (unpaired) electrons. The first-order valence-corrected chi connectivity index (χ1v) is 6.67. The van der Waals surface area contributed by atoms with Gasteiger partial charge >= 0.3 is 5.97 Å². The summed E-state index contributed by atoms with van der Waals surface area (Å²) in [5.74, 6) is -0.938. The van der Waals surface area contributed by atoms with E-state index in [4.69, 9.17) is 11.6 Å². The van der Waals surface area contributed by atoms with Gasteiger partial charge in [-0.3, -0.25) is 0 Å². The number of nitrogens with one attached hydrogen (secondary N) is 1. The number of benzene rings is 2. The van der Waals surface area contributed by atoms with Crippen molar-refractivity contribution in [3.63, 3.8) is 0 Å². The standard InChI is InChI=1S/C16H16ClNO2/c1-10-4-3-5-13(8-10)18-15(16(19)20)12-7-6-11(2)14(17)9-12/h3-9,15,18H,1-2H3,(H,19,20). The molecule has 1 atom stereocenters. The lowest BCUT2D eigenvalue weighted by atomic mass is 10.0. The second-order valence-electron chi connectivity index (χ2n) is 4.79. The zero-order valence-corrected chi connectivity index (χ0v) is 12.1. The number of anilines is 1. The molecular formula is C16H16ClNO2. The van der Waals surface area contributed by atoms with Crippen molar-refractivity contribution in [2.45, 2.75) is 19.9 Å². The van der Waals surface area contributed by atoms with Crippen LogP contribution in [0.25, 0.3) is 0 Å². The van der Waals surface area contributed by atoms with Crippen molar-refractivity contribution in [3.05, 3.63) is 64.2 Å². The molecule has 0 aliphatic rings. The molecule has 0 fully saturated rings.